The molecule has 2 heterocycles. The van der Waals surface area contributed by atoms with Crippen molar-refractivity contribution in [1.82, 2.24) is 0 Å². The van der Waals surface area contributed by atoms with Crippen LogP contribution in [0.15, 0.2) is 209 Å². The van der Waals surface area contributed by atoms with Crippen LogP contribution >= 0.6 is 0 Å². The molecule has 0 atom stereocenters. The van der Waals surface area contributed by atoms with E-state index in [-0.39, 0.29) is 0 Å². The van der Waals surface area contributed by atoms with Gasteiger partial charge in [-0.05, 0) is 110 Å². The fraction of sp³-hybridized carbons (Fsp3) is 0.0182. The lowest BCUT2D eigenvalue weighted by molar-refractivity contribution is 0.663. The predicted molar refractivity (Wildman–Crippen MR) is 237 cm³/mol. The lowest BCUT2D eigenvalue weighted by Gasteiger charge is -2.32. The quantitative estimate of drug-likeness (QED) is 0.180. The van der Waals surface area contributed by atoms with E-state index in [1.54, 1.807) is 0 Å². The number of fused-ring (bicyclic) bond motifs is 17. The van der Waals surface area contributed by atoms with Crippen molar-refractivity contribution >= 4 is 60.9 Å². The number of rotatable bonds is 4. The van der Waals surface area contributed by atoms with Crippen LogP contribution in [-0.2, 0) is 5.41 Å². The molecule has 0 saturated carbocycles. The molecule has 13 rings (SSSR count). The van der Waals surface area contributed by atoms with Gasteiger partial charge in [-0.15, -0.1) is 0 Å². The molecule has 2 aliphatic rings. The minimum absolute atomic E-state index is 0.466. The van der Waals surface area contributed by atoms with Crippen LogP contribution in [0.1, 0.15) is 22.3 Å². The Kier molecular flexibility index (Phi) is 6.37. The average Bonchev–Trinajstić information content (AvgIpc) is 4.02. The third-order valence-electron chi connectivity index (χ3n) is 12.7. The Labute approximate surface area is 334 Å². The van der Waals surface area contributed by atoms with Gasteiger partial charge in [-0.2, -0.15) is 0 Å². The first-order valence-electron chi connectivity index (χ1n) is 19.9. The van der Waals surface area contributed by atoms with Crippen LogP contribution in [0.4, 0.5) is 17.1 Å². The molecular formula is C55H33NO2. The molecule has 0 fully saturated rings. The van der Waals surface area contributed by atoms with Gasteiger partial charge in [0.1, 0.15) is 16.7 Å². The predicted octanol–water partition coefficient (Wildman–Crippen LogP) is 15.0. The van der Waals surface area contributed by atoms with Gasteiger partial charge in [-0.1, -0.05) is 146 Å². The van der Waals surface area contributed by atoms with Crippen molar-refractivity contribution in [2.45, 2.75) is 5.41 Å². The Morgan fingerprint density at radius 2 is 0.897 bits per heavy atom. The second-order valence-electron chi connectivity index (χ2n) is 15.5. The molecule has 1 spiro atoms. The lowest BCUT2D eigenvalue weighted by atomic mass is 9.70. The van der Waals surface area contributed by atoms with Gasteiger partial charge in [0, 0.05) is 32.9 Å². The summed E-state index contributed by atoms with van der Waals surface area (Å²) in [7, 11) is 0. The van der Waals surface area contributed by atoms with Crippen LogP contribution in [0.3, 0.4) is 0 Å². The largest absolute Gasteiger partial charge is 0.456 e. The Bertz CT molecular complexity index is 3400. The summed E-state index contributed by atoms with van der Waals surface area (Å²) in [6.45, 7) is 0. The fourth-order valence-corrected chi connectivity index (χ4v) is 10.4. The SMILES string of the molecule is c1ccc(-c2cc(N(c3ccccc3)c3ccc4c(c3)C3(c5ccccc5-c5ccccc53)c3ccccc3-4)c3oc4ccc5oc6ccccc6c5c4c3c2)cc1. The molecule has 270 valence electrons. The summed E-state index contributed by atoms with van der Waals surface area (Å²) in [6.07, 6.45) is 0. The molecule has 2 aromatic heterocycles. The van der Waals surface area contributed by atoms with Crippen molar-refractivity contribution in [3.05, 3.63) is 222 Å². The third kappa shape index (κ3) is 4.12. The number of benzene rings is 9. The third-order valence-corrected chi connectivity index (χ3v) is 12.7. The molecule has 3 heteroatoms. The number of para-hydroxylation sites is 2. The van der Waals surface area contributed by atoms with Gasteiger partial charge in [0.25, 0.3) is 0 Å². The molecule has 0 unspecified atom stereocenters. The average molecular weight is 740 g/mol. The van der Waals surface area contributed by atoms with Gasteiger partial charge < -0.3 is 13.7 Å². The summed E-state index contributed by atoms with van der Waals surface area (Å²) in [5, 5.41) is 4.27. The normalized spacial score (nSPS) is 13.3. The molecule has 0 saturated heterocycles. The van der Waals surface area contributed by atoms with E-state index >= 15 is 0 Å². The van der Waals surface area contributed by atoms with Gasteiger partial charge in [-0.3, -0.25) is 0 Å². The Hall–Kier alpha value is -7.62. The van der Waals surface area contributed by atoms with E-state index in [1.165, 1.54) is 44.5 Å². The number of furan rings is 2. The van der Waals surface area contributed by atoms with Crippen molar-refractivity contribution in [3.8, 4) is 33.4 Å². The van der Waals surface area contributed by atoms with E-state index < -0.39 is 5.41 Å². The summed E-state index contributed by atoms with van der Waals surface area (Å²) < 4.78 is 13.5. The Morgan fingerprint density at radius 3 is 1.59 bits per heavy atom. The Morgan fingerprint density at radius 1 is 0.345 bits per heavy atom. The first-order chi connectivity index (χ1) is 28.8. The van der Waals surface area contributed by atoms with Gasteiger partial charge in [-0.25, -0.2) is 0 Å². The highest BCUT2D eigenvalue weighted by Gasteiger charge is 2.51. The van der Waals surface area contributed by atoms with E-state index in [0.717, 1.165) is 72.1 Å². The zero-order chi connectivity index (χ0) is 38.0. The first kappa shape index (κ1) is 31.6. The van der Waals surface area contributed by atoms with Crippen LogP contribution in [0.2, 0.25) is 0 Å². The van der Waals surface area contributed by atoms with Crippen LogP contribution in [0, 0.1) is 0 Å². The molecule has 0 aliphatic heterocycles. The van der Waals surface area contributed by atoms with Crippen LogP contribution in [0.25, 0.3) is 77.3 Å². The lowest BCUT2D eigenvalue weighted by Crippen LogP contribution is -2.26. The monoisotopic (exact) mass is 739 g/mol. The highest BCUT2D eigenvalue weighted by atomic mass is 16.3. The molecule has 0 radical (unpaired) electrons. The van der Waals surface area contributed by atoms with Crippen LogP contribution in [-0.4, -0.2) is 0 Å². The van der Waals surface area contributed by atoms with Gasteiger partial charge >= 0.3 is 0 Å². The standard InChI is InChI=1S/C55H33NO2/c1-3-15-34(16-4-1)35-31-43-53-51(30-29-50-52(53)42-22-10-14-26-49(42)57-50)58-54(43)48(32-35)56(36-17-5-2-6-18-36)37-27-28-41-40-21-9-13-25-46(40)55(47(41)33-37)44-23-11-7-19-38(44)39-20-8-12-24-45(39)55/h1-33H. The molecule has 11 aromatic rings. The summed E-state index contributed by atoms with van der Waals surface area (Å²) in [5.41, 5.74) is 18.6. The molecule has 9 aromatic carbocycles. The molecule has 0 N–H and O–H groups in total. The summed E-state index contributed by atoms with van der Waals surface area (Å²) in [6, 6.07) is 72.5. The van der Waals surface area contributed by atoms with E-state index in [4.69, 9.17) is 8.83 Å². The molecule has 58 heavy (non-hydrogen) atoms. The zero-order valence-corrected chi connectivity index (χ0v) is 31.3. The van der Waals surface area contributed by atoms with Crippen molar-refractivity contribution in [3.63, 3.8) is 0 Å². The number of anilines is 3. The topological polar surface area (TPSA) is 29.5 Å². The smallest absolute Gasteiger partial charge is 0.159 e. The highest BCUT2D eigenvalue weighted by Crippen LogP contribution is 2.63. The minimum atomic E-state index is -0.466. The van der Waals surface area contributed by atoms with Crippen LogP contribution in [0.5, 0.6) is 0 Å². The van der Waals surface area contributed by atoms with E-state index in [0.29, 0.717) is 0 Å². The zero-order valence-electron chi connectivity index (χ0n) is 31.3. The van der Waals surface area contributed by atoms with E-state index in [1.807, 2.05) is 18.2 Å². The van der Waals surface area contributed by atoms with Crippen molar-refractivity contribution in [2.24, 2.45) is 0 Å². The summed E-state index contributed by atoms with van der Waals surface area (Å²) in [5.74, 6) is 0. The first-order valence-corrected chi connectivity index (χ1v) is 19.9. The fourth-order valence-electron chi connectivity index (χ4n) is 10.4. The number of hydrogen-bond donors (Lipinski definition) is 0. The Balaban J connectivity index is 1.14. The maximum atomic E-state index is 7.07. The minimum Gasteiger partial charge on any atom is -0.456 e. The molecule has 0 bridgehead atoms. The number of hydrogen-bond acceptors (Lipinski definition) is 3. The second-order valence-corrected chi connectivity index (χ2v) is 15.5. The highest BCUT2D eigenvalue weighted by molar-refractivity contribution is 6.27. The van der Waals surface area contributed by atoms with E-state index in [2.05, 4.69) is 187 Å². The maximum absolute atomic E-state index is 7.07. The number of nitrogens with zero attached hydrogens (tertiary/aromatic N) is 1. The van der Waals surface area contributed by atoms with Gasteiger partial charge in [0.2, 0.25) is 0 Å². The van der Waals surface area contributed by atoms with Gasteiger partial charge in [0.15, 0.2) is 5.58 Å². The summed E-state index contributed by atoms with van der Waals surface area (Å²) >= 11 is 0. The molecule has 2 aliphatic carbocycles. The van der Waals surface area contributed by atoms with Crippen LogP contribution < -0.4 is 4.90 Å². The molecule has 0 amide bonds. The van der Waals surface area contributed by atoms with Gasteiger partial charge in [0.05, 0.1) is 11.1 Å². The molecule has 3 nitrogen and oxygen atoms in total. The van der Waals surface area contributed by atoms with E-state index in [9.17, 15) is 0 Å². The molecular weight excluding hydrogens is 707 g/mol. The summed E-state index contributed by atoms with van der Waals surface area (Å²) in [4.78, 5) is 2.39. The van der Waals surface area contributed by atoms with Crippen molar-refractivity contribution < 1.29 is 8.83 Å². The second kappa shape index (κ2) is 11.7. The van der Waals surface area contributed by atoms with Crippen molar-refractivity contribution in [2.75, 3.05) is 4.90 Å². The van der Waals surface area contributed by atoms with Crippen molar-refractivity contribution in [1.29, 1.82) is 0 Å². The maximum Gasteiger partial charge on any atom is 0.159 e.